The minimum Gasteiger partial charge on any atom is -0.341 e. The fraction of sp³-hybridized carbons (Fsp3) is 0.933. The zero-order valence-electron chi connectivity index (χ0n) is 12.4. The maximum Gasteiger partial charge on any atom is 0.239 e. The van der Waals surface area contributed by atoms with Crippen LogP contribution in [0.1, 0.15) is 58.8 Å². The van der Waals surface area contributed by atoms with E-state index in [2.05, 4.69) is 0 Å². The first-order chi connectivity index (χ1) is 8.54. The molecule has 0 radical (unpaired) electrons. The number of hydrogen-bond acceptors (Lipinski definition) is 2. The molecule has 3 nitrogen and oxygen atoms in total. The molecule has 2 rings (SSSR count). The summed E-state index contributed by atoms with van der Waals surface area (Å²) in [6.07, 6.45) is 9.34. The van der Waals surface area contributed by atoms with Crippen molar-refractivity contribution < 1.29 is 4.79 Å². The summed E-state index contributed by atoms with van der Waals surface area (Å²) in [5.41, 5.74) is 6.54. The van der Waals surface area contributed by atoms with Crippen molar-refractivity contribution in [3.63, 3.8) is 0 Å². The fourth-order valence-electron chi connectivity index (χ4n) is 3.50. The Morgan fingerprint density at radius 2 is 1.58 bits per heavy atom. The Morgan fingerprint density at radius 3 is 2.05 bits per heavy atom. The van der Waals surface area contributed by atoms with Crippen LogP contribution in [0.15, 0.2) is 0 Å². The number of hydrogen-bond donors (Lipinski definition) is 1. The van der Waals surface area contributed by atoms with Gasteiger partial charge >= 0.3 is 0 Å². The average Bonchev–Trinajstić information content (AvgIpc) is 2.39. The molecule has 1 heterocycles. The van der Waals surface area contributed by atoms with Gasteiger partial charge in [0.15, 0.2) is 0 Å². The van der Waals surface area contributed by atoms with E-state index in [1.807, 2.05) is 18.7 Å². The van der Waals surface area contributed by atoms with Crippen LogP contribution in [0, 0.1) is 11.3 Å². The van der Waals surface area contributed by atoms with Gasteiger partial charge in [-0.2, -0.15) is 0 Å². The maximum absolute atomic E-state index is 12.2. The highest BCUT2D eigenvalue weighted by atomic mass is 35.5. The normalized spacial score (nSPS) is 24.1. The molecule has 4 heteroatoms. The van der Waals surface area contributed by atoms with E-state index in [9.17, 15) is 4.79 Å². The van der Waals surface area contributed by atoms with Crippen molar-refractivity contribution in [2.24, 2.45) is 17.1 Å². The molecule has 1 amide bonds. The summed E-state index contributed by atoms with van der Waals surface area (Å²) in [4.78, 5) is 14.2. The molecule has 1 aliphatic heterocycles. The highest BCUT2D eigenvalue weighted by molar-refractivity contribution is 5.85. The lowest BCUT2D eigenvalue weighted by Gasteiger charge is -2.45. The van der Waals surface area contributed by atoms with Gasteiger partial charge in [-0.25, -0.2) is 0 Å². The quantitative estimate of drug-likeness (QED) is 0.849. The Morgan fingerprint density at radius 1 is 1.05 bits per heavy atom. The van der Waals surface area contributed by atoms with Crippen LogP contribution in [-0.2, 0) is 4.79 Å². The summed E-state index contributed by atoms with van der Waals surface area (Å²) in [5.74, 6) is 0.402. The van der Waals surface area contributed by atoms with Gasteiger partial charge in [0, 0.05) is 13.1 Å². The second kappa shape index (κ2) is 6.94. The SMILES string of the molecule is CC(C)[C@@H](N)C(=O)N1CCC2(CCCCC2)CC1.Cl. The second-order valence-electron chi connectivity index (χ2n) is 6.66. The van der Waals surface area contributed by atoms with E-state index < -0.39 is 0 Å². The van der Waals surface area contributed by atoms with E-state index in [-0.39, 0.29) is 30.3 Å². The molecular weight excluding hydrogens is 260 g/mol. The van der Waals surface area contributed by atoms with Crippen LogP contribution >= 0.6 is 12.4 Å². The molecule has 0 aromatic rings. The Kier molecular flexibility index (Phi) is 6.13. The first-order valence-corrected chi connectivity index (χ1v) is 7.58. The minimum absolute atomic E-state index is 0. The van der Waals surface area contributed by atoms with Crippen molar-refractivity contribution >= 4 is 18.3 Å². The fourth-order valence-corrected chi connectivity index (χ4v) is 3.50. The largest absolute Gasteiger partial charge is 0.341 e. The van der Waals surface area contributed by atoms with Crippen molar-refractivity contribution in [3.05, 3.63) is 0 Å². The van der Waals surface area contributed by atoms with Crippen LogP contribution in [0.3, 0.4) is 0 Å². The number of nitrogens with zero attached hydrogens (tertiary/aromatic N) is 1. The van der Waals surface area contributed by atoms with Crippen LogP contribution in [0.4, 0.5) is 0 Å². The molecule has 19 heavy (non-hydrogen) atoms. The lowest BCUT2D eigenvalue weighted by atomic mass is 9.68. The van der Waals surface area contributed by atoms with Crippen molar-refractivity contribution in [2.45, 2.75) is 64.8 Å². The third-order valence-corrected chi connectivity index (χ3v) is 5.05. The zero-order valence-corrected chi connectivity index (χ0v) is 13.2. The Hall–Kier alpha value is -0.280. The van der Waals surface area contributed by atoms with Gasteiger partial charge < -0.3 is 10.6 Å². The monoisotopic (exact) mass is 288 g/mol. The van der Waals surface area contributed by atoms with E-state index in [1.165, 1.54) is 44.9 Å². The van der Waals surface area contributed by atoms with Gasteiger partial charge in [0.1, 0.15) is 0 Å². The van der Waals surface area contributed by atoms with Gasteiger partial charge in [0.2, 0.25) is 5.91 Å². The number of halogens is 1. The molecule has 2 N–H and O–H groups in total. The van der Waals surface area contributed by atoms with E-state index in [0.29, 0.717) is 5.41 Å². The van der Waals surface area contributed by atoms with Crippen LogP contribution in [0.5, 0.6) is 0 Å². The molecule has 112 valence electrons. The third-order valence-electron chi connectivity index (χ3n) is 5.05. The van der Waals surface area contributed by atoms with Gasteiger partial charge in [-0.1, -0.05) is 33.1 Å². The number of carbonyl (C=O) groups excluding carboxylic acids is 1. The van der Waals surface area contributed by atoms with Crippen molar-refractivity contribution in [1.29, 1.82) is 0 Å². The van der Waals surface area contributed by atoms with Crippen molar-refractivity contribution in [1.82, 2.24) is 4.90 Å². The van der Waals surface area contributed by atoms with E-state index in [4.69, 9.17) is 5.73 Å². The number of piperidine rings is 1. The van der Waals surface area contributed by atoms with E-state index >= 15 is 0 Å². The summed E-state index contributed by atoms with van der Waals surface area (Å²) in [5, 5.41) is 0. The third kappa shape index (κ3) is 3.85. The Balaban J connectivity index is 0.00000180. The highest BCUT2D eigenvalue weighted by Gasteiger charge is 2.37. The van der Waals surface area contributed by atoms with Crippen molar-refractivity contribution in [3.8, 4) is 0 Å². The van der Waals surface area contributed by atoms with Crippen LogP contribution < -0.4 is 5.73 Å². The predicted molar refractivity (Wildman–Crippen MR) is 81.4 cm³/mol. The molecule has 0 unspecified atom stereocenters. The predicted octanol–water partition coefficient (Wildman–Crippen LogP) is 2.96. The van der Waals surface area contributed by atoms with Gasteiger partial charge in [-0.3, -0.25) is 4.79 Å². The molecule has 2 aliphatic rings. The summed E-state index contributed by atoms with van der Waals surface area (Å²) in [6.45, 7) is 5.91. The van der Waals surface area contributed by atoms with Gasteiger partial charge in [0.05, 0.1) is 6.04 Å². The molecule has 1 aliphatic carbocycles. The van der Waals surface area contributed by atoms with E-state index in [0.717, 1.165) is 13.1 Å². The average molecular weight is 289 g/mol. The molecule has 0 bridgehead atoms. The minimum atomic E-state index is -0.314. The summed E-state index contributed by atoms with van der Waals surface area (Å²) in [6, 6.07) is -0.314. The molecule has 0 aromatic carbocycles. The first kappa shape index (κ1) is 16.8. The van der Waals surface area contributed by atoms with Crippen LogP contribution in [-0.4, -0.2) is 29.9 Å². The Bertz CT molecular complexity index is 291. The molecule has 1 spiro atoms. The summed E-state index contributed by atoms with van der Waals surface area (Å²) < 4.78 is 0. The standard InChI is InChI=1S/C15H28N2O.ClH/c1-12(2)13(16)14(18)17-10-8-15(9-11-17)6-4-3-5-7-15;/h12-13H,3-11,16H2,1-2H3;1H/t13-;/m1./s1. The molecule has 0 aromatic heterocycles. The van der Waals surface area contributed by atoms with Crippen LogP contribution in [0.2, 0.25) is 0 Å². The number of likely N-dealkylation sites (tertiary alicyclic amines) is 1. The lowest BCUT2D eigenvalue weighted by molar-refractivity contribution is -0.136. The smallest absolute Gasteiger partial charge is 0.239 e. The van der Waals surface area contributed by atoms with E-state index in [1.54, 1.807) is 0 Å². The molecule has 1 saturated carbocycles. The molecular formula is C15H29ClN2O. The number of nitrogens with two attached hydrogens (primary N) is 1. The number of carbonyl (C=O) groups is 1. The second-order valence-corrected chi connectivity index (χ2v) is 6.66. The first-order valence-electron chi connectivity index (χ1n) is 7.58. The maximum atomic E-state index is 12.2. The van der Waals surface area contributed by atoms with Gasteiger partial charge in [0.25, 0.3) is 0 Å². The molecule has 1 saturated heterocycles. The van der Waals surface area contributed by atoms with Gasteiger partial charge in [-0.05, 0) is 37.0 Å². The highest BCUT2D eigenvalue weighted by Crippen LogP contribution is 2.44. The van der Waals surface area contributed by atoms with Crippen LogP contribution in [0.25, 0.3) is 0 Å². The number of amides is 1. The summed E-state index contributed by atoms with van der Waals surface area (Å²) in [7, 11) is 0. The lowest BCUT2D eigenvalue weighted by Crippen LogP contribution is -2.51. The van der Waals surface area contributed by atoms with Crippen molar-refractivity contribution in [2.75, 3.05) is 13.1 Å². The summed E-state index contributed by atoms with van der Waals surface area (Å²) >= 11 is 0. The topological polar surface area (TPSA) is 46.3 Å². The molecule has 1 atom stereocenters. The Labute approximate surface area is 123 Å². The zero-order chi connectivity index (χ0) is 13.2. The molecule has 2 fully saturated rings. The van der Waals surface area contributed by atoms with Gasteiger partial charge in [-0.15, -0.1) is 12.4 Å². The number of rotatable bonds is 2.